The average molecular weight is 600 g/mol. The second kappa shape index (κ2) is 12.4. The number of rotatable bonds is 11. The molecule has 0 radical (unpaired) electrons. The molecule has 0 aromatic heterocycles. The van der Waals surface area contributed by atoms with E-state index in [1.807, 2.05) is 4.90 Å². The van der Waals surface area contributed by atoms with Gasteiger partial charge in [0, 0.05) is 41.7 Å². The summed E-state index contributed by atoms with van der Waals surface area (Å²) in [7, 11) is -4.61. The van der Waals surface area contributed by atoms with Gasteiger partial charge in [-0.2, -0.15) is 0 Å². The zero-order valence-electron chi connectivity index (χ0n) is 28.2. The molecule has 2 unspecified atom stereocenters. The fourth-order valence-corrected chi connectivity index (χ4v) is 8.52. The van der Waals surface area contributed by atoms with E-state index >= 15 is 0 Å². The standard InChI is InChI=1S/C29H52N4O5SSi/c1-6-7-15-30-16-8-17-31(23-30)25-9-11-28(2,12-10-25)22-33-27(35)32(24-38-18-21-40(3,4)5)26(34)29(33)13-19-39(36,37)20-14-29/h8,16,25H,6-7,9-15,17-24H2,1-5H3/i16D,17D,23D. The Morgan fingerprint density at radius 2 is 1.82 bits per heavy atom. The van der Waals surface area contributed by atoms with Gasteiger partial charge in [-0.3, -0.25) is 9.69 Å². The van der Waals surface area contributed by atoms with Crippen molar-refractivity contribution < 1.29 is 26.9 Å². The Morgan fingerprint density at radius 3 is 2.45 bits per heavy atom. The molecule has 1 aliphatic carbocycles. The van der Waals surface area contributed by atoms with Crippen molar-refractivity contribution in [2.75, 3.05) is 51.1 Å². The van der Waals surface area contributed by atoms with Gasteiger partial charge in [-0.1, -0.05) is 46.0 Å². The van der Waals surface area contributed by atoms with Gasteiger partial charge in [0.2, 0.25) is 0 Å². The number of hydrogen-bond acceptors (Lipinski definition) is 7. The molecule has 0 aromatic rings. The molecule has 4 aliphatic rings. The average Bonchev–Trinajstić information content (AvgIpc) is 3.09. The molecular weight excluding hydrogens is 544 g/mol. The van der Waals surface area contributed by atoms with Crippen molar-refractivity contribution in [3.05, 3.63) is 12.3 Å². The highest BCUT2D eigenvalue weighted by Crippen LogP contribution is 2.44. The molecule has 3 amide bonds. The van der Waals surface area contributed by atoms with Crippen molar-refractivity contribution in [1.29, 1.82) is 0 Å². The fourth-order valence-electron chi connectivity index (χ4n) is 6.26. The number of hydrogen-bond donors (Lipinski definition) is 0. The third-order valence-corrected chi connectivity index (χ3v) is 12.5. The Labute approximate surface area is 247 Å². The van der Waals surface area contributed by atoms with Gasteiger partial charge in [0.05, 0.1) is 20.9 Å². The monoisotopic (exact) mass is 599 g/mol. The predicted molar refractivity (Wildman–Crippen MR) is 161 cm³/mol. The van der Waals surface area contributed by atoms with Crippen molar-refractivity contribution in [2.24, 2.45) is 5.41 Å². The van der Waals surface area contributed by atoms with Crippen molar-refractivity contribution in [3.63, 3.8) is 0 Å². The van der Waals surface area contributed by atoms with Gasteiger partial charge in [-0.15, -0.1) is 0 Å². The number of ether oxygens (including phenoxy) is 1. The summed E-state index contributed by atoms with van der Waals surface area (Å²) in [5.74, 6) is -0.572. The van der Waals surface area contributed by atoms with E-state index in [0.29, 0.717) is 19.7 Å². The van der Waals surface area contributed by atoms with Crippen LogP contribution in [0.2, 0.25) is 25.7 Å². The van der Waals surface area contributed by atoms with Crippen LogP contribution in [0.4, 0.5) is 4.79 Å². The lowest BCUT2D eigenvalue weighted by molar-refractivity contribution is -0.137. The van der Waals surface area contributed by atoms with Crippen molar-refractivity contribution in [3.8, 4) is 0 Å². The molecule has 0 N–H and O–H groups in total. The zero-order valence-corrected chi connectivity index (χ0v) is 27.0. The lowest BCUT2D eigenvalue weighted by atomic mass is 9.72. The molecular formula is C29H52N4O5SSi. The van der Waals surface area contributed by atoms with Gasteiger partial charge in [-0.25, -0.2) is 18.1 Å². The number of unbranched alkanes of at least 4 members (excludes halogenated alkanes) is 1. The maximum absolute atomic E-state index is 13.8. The van der Waals surface area contributed by atoms with Crippen molar-refractivity contribution in [1.82, 2.24) is 19.6 Å². The minimum Gasteiger partial charge on any atom is -0.365 e. The lowest BCUT2D eigenvalue weighted by Gasteiger charge is -2.47. The Kier molecular flexibility index (Phi) is 8.52. The van der Waals surface area contributed by atoms with Gasteiger partial charge in [0.25, 0.3) is 5.91 Å². The first kappa shape index (κ1) is 27.4. The molecule has 9 nitrogen and oxygen atoms in total. The number of carbonyl (C=O) groups is 2. The van der Waals surface area contributed by atoms with Crippen LogP contribution in [0.5, 0.6) is 0 Å². The highest BCUT2D eigenvalue weighted by atomic mass is 32.2. The first-order valence-corrected chi connectivity index (χ1v) is 20.5. The maximum atomic E-state index is 13.8. The zero-order chi connectivity index (χ0) is 31.8. The van der Waals surface area contributed by atoms with E-state index in [-0.39, 0.29) is 54.6 Å². The van der Waals surface area contributed by atoms with E-state index in [9.17, 15) is 18.0 Å². The second-order valence-electron chi connectivity index (χ2n) is 13.7. The minimum absolute atomic E-state index is 0.00696. The summed E-state index contributed by atoms with van der Waals surface area (Å²) in [4.78, 5) is 34.2. The smallest absolute Gasteiger partial charge is 0.329 e. The van der Waals surface area contributed by atoms with E-state index in [1.54, 1.807) is 15.9 Å². The first-order chi connectivity index (χ1) is 20.0. The first-order valence-electron chi connectivity index (χ1n) is 16.7. The molecule has 0 aromatic carbocycles. The van der Waals surface area contributed by atoms with Crippen LogP contribution in [0.15, 0.2) is 12.3 Å². The number of sulfone groups is 1. The highest BCUT2D eigenvalue weighted by Gasteiger charge is 2.60. The van der Waals surface area contributed by atoms with Gasteiger partial charge in [0.15, 0.2) is 9.84 Å². The van der Waals surface area contributed by atoms with Crippen LogP contribution in [-0.4, -0.2) is 111 Å². The molecule has 228 valence electrons. The Morgan fingerprint density at radius 1 is 1.15 bits per heavy atom. The molecule has 11 heteroatoms. The minimum atomic E-state index is -3.26. The van der Waals surface area contributed by atoms with Crippen LogP contribution in [0, 0.1) is 5.41 Å². The number of amides is 3. The Bertz CT molecular complexity index is 1160. The van der Waals surface area contributed by atoms with Gasteiger partial charge in [-0.05, 0) is 62.6 Å². The summed E-state index contributed by atoms with van der Waals surface area (Å²) in [6.45, 7) is 10.7. The van der Waals surface area contributed by atoms with E-state index in [4.69, 9.17) is 8.85 Å². The number of carbonyl (C=O) groups excluding carboxylic acids is 2. The molecule has 4 rings (SSSR count). The van der Waals surface area contributed by atoms with E-state index in [2.05, 4.69) is 33.5 Å². The van der Waals surface area contributed by atoms with Crippen LogP contribution in [0.25, 0.3) is 0 Å². The van der Waals surface area contributed by atoms with Crippen LogP contribution < -0.4 is 0 Å². The summed E-state index contributed by atoms with van der Waals surface area (Å²) < 4.78 is 56.4. The van der Waals surface area contributed by atoms with E-state index in [1.165, 1.54) is 4.90 Å². The molecule has 2 saturated heterocycles. The van der Waals surface area contributed by atoms with Crippen molar-refractivity contribution >= 4 is 29.8 Å². The summed E-state index contributed by atoms with van der Waals surface area (Å²) in [5.41, 5.74) is -1.46. The summed E-state index contributed by atoms with van der Waals surface area (Å²) in [5, 5.41) is 0. The topological polar surface area (TPSA) is 90.5 Å². The maximum Gasteiger partial charge on any atom is 0.329 e. The van der Waals surface area contributed by atoms with E-state index in [0.717, 1.165) is 44.6 Å². The number of imide groups is 1. The molecule has 40 heavy (non-hydrogen) atoms. The fraction of sp³-hybridized carbons (Fsp3) is 0.862. The molecule has 3 fully saturated rings. The predicted octanol–water partition coefficient (Wildman–Crippen LogP) is 4.35. The highest BCUT2D eigenvalue weighted by molar-refractivity contribution is 7.91. The molecule has 3 heterocycles. The summed E-state index contributed by atoms with van der Waals surface area (Å²) in [6.07, 6.45) is 6.91. The number of urea groups is 1. The van der Waals surface area contributed by atoms with Gasteiger partial charge >= 0.3 is 6.03 Å². The summed E-state index contributed by atoms with van der Waals surface area (Å²) in [6, 6.07) is 0.529. The van der Waals surface area contributed by atoms with Gasteiger partial charge in [0.1, 0.15) is 12.3 Å². The molecule has 3 aliphatic heterocycles. The normalized spacial score (nSPS) is 34.1. The third kappa shape index (κ3) is 7.31. The Balaban J connectivity index is 1.47. The molecule has 1 saturated carbocycles. The van der Waals surface area contributed by atoms with E-state index < -0.39 is 42.6 Å². The SMILES string of the molecule is [2H]C1=CC([2H])N(C2CCC(C)(CN3C(=O)N(COCC[Si](C)(C)C)C(=O)C34CCS(=O)(=O)CC4)CC2)C([2H])N1CCCC. The van der Waals surface area contributed by atoms with Crippen LogP contribution in [0.3, 0.4) is 0 Å². The second-order valence-corrected chi connectivity index (χ2v) is 21.7. The van der Waals surface area contributed by atoms with Crippen LogP contribution >= 0.6 is 0 Å². The quantitative estimate of drug-likeness (QED) is 0.198. The molecule has 1 spiro atoms. The largest absolute Gasteiger partial charge is 0.365 e. The summed E-state index contributed by atoms with van der Waals surface area (Å²) >= 11 is 0. The Hall–Kier alpha value is -1.43. The third-order valence-electron chi connectivity index (χ3n) is 9.13. The molecule has 2 atom stereocenters. The van der Waals surface area contributed by atoms with Crippen LogP contribution in [0.1, 0.15) is 69.3 Å². The van der Waals surface area contributed by atoms with Gasteiger partial charge < -0.3 is 14.5 Å². The number of nitrogens with zero attached hydrogens (tertiary/aromatic N) is 4. The van der Waals surface area contributed by atoms with Crippen LogP contribution in [-0.2, 0) is 19.4 Å². The lowest BCUT2D eigenvalue weighted by Crippen LogP contribution is -2.57. The molecule has 0 bridgehead atoms. The van der Waals surface area contributed by atoms with Crippen molar-refractivity contribution in [2.45, 2.75) is 102 Å².